The molecule has 3 nitrogen and oxygen atoms in total. The fourth-order valence-electron chi connectivity index (χ4n) is 0.260. The molecule has 0 saturated carbocycles. The summed E-state index contributed by atoms with van der Waals surface area (Å²) in [5.74, 6) is 0.374. The lowest BCUT2D eigenvalue weighted by molar-refractivity contribution is -0.360. The Bertz CT molecular complexity index is 139. The van der Waals surface area contributed by atoms with Crippen LogP contribution in [-0.2, 0) is 24.1 Å². The maximum Gasteiger partial charge on any atom is 0.149 e. The molecule has 0 rings (SSSR count). The van der Waals surface area contributed by atoms with Gasteiger partial charge in [-0.05, 0) is 0 Å². The third kappa shape index (κ3) is 3.31. The number of quaternary nitrogens is 1. The summed E-state index contributed by atoms with van der Waals surface area (Å²) < 4.78 is 15.2. The molecule has 0 aromatic rings. The van der Waals surface area contributed by atoms with Crippen molar-refractivity contribution in [1.82, 2.24) is 0 Å². The van der Waals surface area contributed by atoms with Crippen LogP contribution in [-0.4, -0.2) is 23.6 Å². The fourth-order valence-corrected chi connectivity index (χ4v) is 1.13. The van der Waals surface area contributed by atoms with E-state index < -0.39 is 8.77 Å². The Morgan fingerprint density at radius 2 is 2.38 bits per heavy atom. The summed E-state index contributed by atoms with van der Waals surface area (Å²) in [5, 5.41) is 0. The molecule has 1 atom stereocenters. The van der Waals surface area contributed by atoms with E-state index in [1.165, 1.54) is 7.11 Å². The Morgan fingerprint density at radius 3 is 2.50 bits per heavy atom. The highest BCUT2D eigenvalue weighted by atomic mass is 32.8. The standard InChI is InChI=1S/C3H9NO2S2/c1-6-8(5,7)3-2-4/h2-4H2,1H3/p+1. The van der Waals surface area contributed by atoms with Crippen molar-refractivity contribution in [2.24, 2.45) is 0 Å². The summed E-state index contributed by atoms with van der Waals surface area (Å²) in [6.45, 7) is 0.566. The molecule has 0 aliphatic carbocycles. The predicted molar refractivity (Wildman–Crippen MR) is 35.1 cm³/mol. The lowest BCUT2D eigenvalue weighted by Crippen LogP contribution is -2.53. The topological polar surface area (TPSA) is 53.9 Å². The predicted octanol–water partition coefficient (Wildman–Crippen LogP) is -1.46. The van der Waals surface area contributed by atoms with Gasteiger partial charge in [-0.3, -0.25) is 4.18 Å². The first-order chi connectivity index (χ1) is 3.62. The van der Waals surface area contributed by atoms with E-state index >= 15 is 0 Å². The van der Waals surface area contributed by atoms with Crippen LogP contribution in [0.2, 0.25) is 0 Å². The summed E-state index contributed by atoms with van der Waals surface area (Å²) in [5.41, 5.74) is 3.49. The molecule has 0 aliphatic heterocycles. The van der Waals surface area contributed by atoms with Crippen molar-refractivity contribution in [2.45, 2.75) is 0 Å². The van der Waals surface area contributed by atoms with Gasteiger partial charge in [-0.25, -0.2) is 4.21 Å². The Hall–Kier alpha value is 0.290. The third-order valence-corrected chi connectivity index (χ3v) is 2.85. The second-order valence-corrected chi connectivity index (χ2v) is 4.66. The number of hydrogen-bond donors (Lipinski definition) is 1. The maximum absolute atomic E-state index is 10.7. The van der Waals surface area contributed by atoms with Crippen LogP contribution in [0.25, 0.3) is 0 Å². The van der Waals surface area contributed by atoms with Gasteiger partial charge >= 0.3 is 0 Å². The molecule has 0 amide bonds. The van der Waals surface area contributed by atoms with Crippen LogP contribution in [0.3, 0.4) is 0 Å². The minimum Gasteiger partial charge on any atom is -0.357 e. The molecule has 0 spiro atoms. The molecule has 0 bridgehead atoms. The lowest BCUT2D eigenvalue weighted by Gasteiger charge is -1.97. The van der Waals surface area contributed by atoms with Crippen LogP contribution in [0, 0.1) is 0 Å². The van der Waals surface area contributed by atoms with Crippen molar-refractivity contribution in [1.29, 1.82) is 0 Å². The van der Waals surface area contributed by atoms with Crippen molar-refractivity contribution in [3.05, 3.63) is 0 Å². The van der Waals surface area contributed by atoms with Gasteiger partial charge in [-0.2, -0.15) is 0 Å². The van der Waals surface area contributed by atoms with Gasteiger partial charge in [0.05, 0.1) is 19.4 Å². The van der Waals surface area contributed by atoms with E-state index in [1.54, 1.807) is 0 Å². The monoisotopic (exact) mass is 156 g/mol. The first kappa shape index (κ1) is 8.29. The molecule has 50 valence electrons. The van der Waals surface area contributed by atoms with Gasteiger partial charge < -0.3 is 5.73 Å². The van der Waals surface area contributed by atoms with Gasteiger partial charge in [-0.15, -0.1) is 0 Å². The van der Waals surface area contributed by atoms with Crippen molar-refractivity contribution >= 4 is 20.0 Å². The van der Waals surface area contributed by atoms with Crippen LogP contribution in [0.1, 0.15) is 0 Å². The summed E-state index contributed by atoms with van der Waals surface area (Å²) in [6, 6.07) is 0. The minimum atomic E-state index is -2.40. The Labute approximate surface area is 54.1 Å². The summed E-state index contributed by atoms with van der Waals surface area (Å²) in [7, 11) is -1.05. The normalized spacial score (nSPS) is 17.8. The van der Waals surface area contributed by atoms with Crippen molar-refractivity contribution in [2.75, 3.05) is 19.4 Å². The highest BCUT2D eigenvalue weighted by Crippen LogP contribution is 1.86. The van der Waals surface area contributed by atoms with E-state index in [-0.39, 0.29) is 0 Å². The molecule has 0 saturated heterocycles. The molecular formula is C3H10NO2S2+. The largest absolute Gasteiger partial charge is 0.357 e. The van der Waals surface area contributed by atoms with Crippen LogP contribution >= 0.6 is 0 Å². The van der Waals surface area contributed by atoms with Crippen LogP contribution in [0.4, 0.5) is 0 Å². The van der Waals surface area contributed by atoms with E-state index in [1.807, 2.05) is 0 Å². The van der Waals surface area contributed by atoms with Crippen molar-refractivity contribution < 1.29 is 14.1 Å². The Morgan fingerprint density at radius 1 is 1.88 bits per heavy atom. The highest BCUT2D eigenvalue weighted by molar-refractivity contribution is 8.30. The van der Waals surface area contributed by atoms with Crippen LogP contribution in [0.5, 0.6) is 0 Å². The molecule has 0 aromatic carbocycles. The zero-order chi connectivity index (χ0) is 6.62. The van der Waals surface area contributed by atoms with E-state index in [0.29, 0.717) is 12.3 Å². The van der Waals surface area contributed by atoms with Crippen LogP contribution < -0.4 is 5.73 Å². The first-order valence-corrected chi connectivity index (χ1v) is 4.77. The molecule has 0 aliphatic rings. The summed E-state index contributed by atoms with van der Waals surface area (Å²) >= 11 is 4.51. The second kappa shape index (κ2) is 3.34. The third-order valence-electron chi connectivity index (χ3n) is 0.648. The van der Waals surface area contributed by atoms with Crippen LogP contribution in [0.15, 0.2) is 0 Å². The van der Waals surface area contributed by atoms with E-state index in [2.05, 4.69) is 21.1 Å². The summed E-state index contributed by atoms with van der Waals surface area (Å²) in [4.78, 5) is 0. The molecule has 0 radical (unpaired) electrons. The molecule has 0 aromatic heterocycles. The average Bonchev–Trinajstić information content (AvgIpc) is 1.67. The minimum absolute atomic E-state index is 0.374. The molecule has 0 heterocycles. The van der Waals surface area contributed by atoms with E-state index in [9.17, 15) is 4.21 Å². The number of rotatable bonds is 3. The van der Waals surface area contributed by atoms with Gasteiger partial charge in [0.15, 0.2) is 0 Å². The zero-order valence-corrected chi connectivity index (χ0v) is 6.39. The Kier molecular flexibility index (Phi) is 3.46. The Balaban J connectivity index is 3.76. The van der Waals surface area contributed by atoms with Gasteiger partial charge in [0.1, 0.15) is 8.77 Å². The average molecular weight is 156 g/mol. The van der Waals surface area contributed by atoms with Crippen molar-refractivity contribution in [3.8, 4) is 0 Å². The molecule has 1 unspecified atom stereocenters. The molecule has 0 fully saturated rings. The van der Waals surface area contributed by atoms with Gasteiger partial charge in [0.25, 0.3) is 0 Å². The second-order valence-electron chi connectivity index (χ2n) is 1.28. The quantitative estimate of drug-likeness (QED) is 0.543. The summed E-state index contributed by atoms with van der Waals surface area (Å²) in [6.07, 6.45) is 0. The zero-order valence-electron chi connectivity index (χ0n) is 4.75. The molecule has 3 N–H and O–H groups in total. The van der Waals surface area contributed by atoms with E-state index in [4.69, 9.17) is 0 Å². The SMILES string of the molecule is COS(=O)(=S)CC[NH3+]. The van der Waals surface area contributed by atoms with Crippen molar-refractivity contribution in [3.63, 3.8) is 0 Å². The molecule has 5 heteroatoms. The lowest BCUT2D eigenvalue weighted by atomic mass is 10.8. The maximum atomic E-state index is 10.7. The molecule has 8 heavy (non-hydrogen) atoms. The van der Waals surface area contributed by atoms with Gasteiger partial charge in [-0.1, -0.05) is 0 Å². The van der Waals surface area contributed by atoms with Gasteiger partial charge in [0, 0.05) is 11.2 Å². The molecular weight excluding hydrogens is 146 g/mol. The fraction of sp³-hybridized carbons (Fsp3) is 1.00. The number of hydrogen-bond acceptors (Lipinski definition) is 3. The first-order valence-electron chi connectivity index (χ1n) is 2.20. The van der Waals surface area contributed by atoms with E-state index in [0.717, 1.165) is 0 Å². The highest BCUT2D eigenvalue weighted by Gasteiger charge is 2.00. The van der Waals surface area contributed by atoms with Gasteiger partial charge in [0.2, 0.25) is 0 Å². The smallest absolute Gasteiger partial charge is 0.149 e.